The largest absolute Gasteiger partial charge is 0.343 e. The number of hydrogen-bond donors (Lipinski definition) is 1. The Balaban J connectivity index is 1.58. The van der Waals surface area contributed by atoms with Crippen molar-refractivity contribution >= 4 is 17.8 Å². The second kappa shape index (κ2) is 8.17. The summed E-state index contributed by atoms with van der Waals surface area (Å²) in [4.78, 5) is 43.6. The number of carbonyl (C=O) groups is 3. The molecule has 0 aromatic rings. The van der Waals surface area contributed by atoms with E-state index in [4.69, 9.17) is 0 Å². The molecule has 1 N–H and O–H groups in total. The molecule has 3 rings (SSSR count). The number of hydrogen-bond acceptors (Lipinski definition) is 4. The fourth-order valence-corrected chi connectivity index (χ4v) is 4.69. The lowest BCUT2D eigenvalue weighted by molar-refractivity contribution is -0.136. The van der Waals surface area contributed by atoms with Crippen LogP contribution in [-0.2, 0) is 9.59 Å². The van der Waals surface area contributed by atoms with Gasteiger partial charge in [-0.15, -0.1) is 0 Å². The van der Waals surface area contributed by atoms with Crippen LogP contribution in [0, 0.1) is 5.92 Å². The third-order valence-corrected chi connectivity index (χ3v) is 6.17. The molecular weight excluding hydrogens is 344 g/mol. The molecule has 3 fully saturated rings. The molecule has 3 heterocycles. The molecule has 7 nitrogen and oxygen atoms in total. The third kappa shape index (κ3) is 4.13. The lowest BCUT2D eigenvalue weighted by atomic mass is 9.86. The Morgan fingerprint density at radius 2 is 1.78 bits per heavy atom. The minimum atomic E-state index is -0.709. The van der Waals surface area contributed by atoms with Crippen LogP contribution in [0.4, 0.5) is 4.79 Å². The van der Waals surface area contributed by atoms with Crippen LogP contribution in [0.2, 0.25) is 0 Å². The molecule has 3 aliphatic heterocycles. The van der Waals surface area contributed by atoms with Crippen molar-refractivity contribution in [2.24, 2.45) is 5.92 Å². The van der Waals surface area contributed by atoms with Crippen molar-refractivity contribution in [3.63, 3.8) is 0 Å². The number of carbonyl (C=O) groups excluding carboxylic acids is 3. The molecule has 0 bridgehead atoms. The van der Waals surface area contributed by atoms with E-state index < -0.39 is 5.54 Å². The first-order valence-electron chi connectivity index (χ1n) is 10.5. The second-order valence-corrected chi connectivity index (χ2v) is 8.74. The third-order valence-electron chi connectivity index (χ3n) is 6.17. The zero-order valence-corrected chi connectivity index (χ0v) is 17.0. The Morgan fingerprint density at radius 1 is 1.15 bits per heavy atom. The number of amides is 4. The number of rotatable bonds is 5. The van der Waals surface area contributed by atoms with E-state index in [2.05, 4.69) is 24.1 Å². The fourth-order valence-electron chi connectivity index (χ4n) is 4.69. The highest BCUT2D eigenvalue weighted by molar-refractivity contribution is 6.07. The molecule has 7 heteroatoms. The number of nitrogens with one attached hydrogen (secondary N) is 1. The maximum Gasteiger partial charge on any atom is 0.325 e. The van der Waals surface area contributed by atoms with Crippen LogP contribution < -0.4 is 5.32 Å². The summed E-state index contributed by atoms with van der Waals surface area (Å²) in [6.45, 7) is 10.4. The van der Waals surface area contributed by atoms with Crippen LogP contribution in [0.25, 0.3) is 0 Å². The lowest BCUT2D eigenvalue weighted by Crippen LogP contribution is -2.56. The van der Waals surface area contributed by atoms with Gasteiger partial charge in [-0.25, -0.2) is 4.79 Å². The highest BCUT2D eigenvalue weighted by Gasteiger charge is 2.54. The van der Waals surface area contributed by atoms with E-state index in [0.29, 0.717) is 51.1 Å². The number of piperidine rings is 2. The van der Waals surface area contributed by atoms with Crippen LogP contribution in [0.5, 0.6) is 0 Å². The maximum absolute atomic E-state index is 13.2. The van der Waals surface area contributed by atoms with E-state index >= 15 is 0 Å². The van der Waals surface area contributed by atoms with Crippen molar-refractivity contribution in [1.82, 2.24) is 20.0 Å². The monoisotopic (exact) mass is 378 g/mol. The lowest BCUT2D eigenvalue weighted by Gasteiger charge is -2.39. The number of imide groups is 1. The standard InChI is InChI=1S/C20H34N4O3/c1-4-5-17(25)23-10-6-16(7-11-23)24-18(26)20(21-19(24)27)8-12-22(13-9-20)14-15(2)3/h15-16H,4-14H2,1-3H3,(H,21,27). The summed E-state index contributed by atoms with van der Waals surface area (Å²) in [6.07, 6.45) is 4.17. The molecule has 4 amide bonds. The van der Waals surface area contributed by atoms with Crippen molar-refractivity contribution in [3.05, 3.63) is 0 Å². The number of nitrogens with zero attached hydrogens (tertiary/aromatic N) is 3. The molecule has 0 radical (unpaired) electrons. The van der Waals surface area contributed by atoms with Crippen molar-refractivity contribution in [2.45, 2.75) is 70.9 Å². The quantitative estimate of drug-likeness (QED) is 0.741. The van der Waals surface area contributed by atoms with Crippen LogP contribution in [0.3, 0.4) is 0 Å². The predicted octanol–water partition coefficient (Wildman–Crippen LogP) is 1.82. The summed E-state index contributed by atoms with van der Waals surface area (Å²) in [5, 5.41) is 3.02. The fraction of sp³-hybridized carbons (Fsp3) is 0.850. The van der Waals surface area contributed by atoms with Crippen molar-refractivity contribution in [3.8, 4) is 0 Å². The molecule has 0 aromatic heterocycles. The summed E-state index contributed by atoms with van der Waals surface area (Å²) in [6, 6.07) is -0.327. The Labute approximate surface area is 162 Å². The van der Waals surface area contributed by atoms with Gasteiger partial charge in [0.05, 0.1) is 0 Å². The van der Waals surface area contributed by atoms with Crippen molar-refractivity contribution in [1.29, 1.82) is 0 Å². The van der Waals surface area contributed by atoms with Gasteiger partial charge in [0.15, 0.2) is 0 Å². The summed E-state index contributed by atoms with van der Waals surface area (Å²) in [5.41, 5.74) is -0.709. The molecule has 0 saturated carbocycles. The summed E-state index contributed by atoms with van der Waals surface area (Å²) in [7, 11) is 0. The smallest absolute Gasteiger partial charge is 0.325 e. The first-order chi connectivity index (χ1) is 12.9. The van der Waals surface area contributed by atoms with Crippen LogP contribution in [0.15, 0.2) is 0 Å². The van der Waals surface area contributed by atoms with Gasteiger partial charge >= 0.3 is 6.03 Å². The summed E-state index contributed by atoms with van der Waals surface area (Å²) < 4.78 is 0. The molecule has 1 spiro atoms. The van der Waals surface area contributed by atoms with Gasteiger partial charge in [0.1, 0.15) is 5.54 Å². The topological polar surface area (TPSA) is 73.0 Å². The van der Waals surface area contributed by atoms with Gasteiger partial charge in [0, 0.05) is 45.2 Å². The summed E-state index contributed by atoms with van der Waals surface area (Å²) >= 11 is 0. The zero-order chi connectivity index (χ0) is 19.6. The molecular formula is C20H34N4O3. The van der Waals surface area contributed by atoms with E-state index in [0.717, 1.165) is 26.1 Å². The van der Waals surface area contributed by atoms with Gasteiger partial charge in [-0.3, -0.25) is 14.5 Å². The average Bonchev–Trinajstić information content (AvgIpc) is 2.87. The van der Waals surface area contributed by atoms with Gasteiger partial charge in [-0.2, -0.15) is 0 Å². The molecule has 3 aliphatic rings. The first kappa shape index (κ1) is 20.1. The van der Waals surface area contributed by atoms with Gasteiger partial charge in [0.2, 0.25) is 5.91 Å². The zero-order valence-electron chi connectivity index (χ0n) is 17.0. The Bertz CT molecular complexity index is 576. The van der Waals surface area contributed by atoms with Crippen LogP contribution >= 0.6 is 0 Å². The first-order valence-corrected chi connectivity index (χ1v) is 10.5. The Kier molecular flexibility index (Phi) is 6.08. The summed E-state index contributed by atoms with van der Waals surface area (Å²) in [5.74, 6) is 0.738. The number of likely N-dealkylation sites (tertiary alicyclic amines) is 2. The minimum absolute atomic E-state index is 0.0463. The van der Waals surface area contributed by atoms with Gasteiger partial charge < -0.3 is 15.1 Å². The highest BCUT2D eigenvalue weighted by atomic mass is 16.2. The molecule has 152 valence electrons. The van der Waals surface area contributed by atoms with Gasteiger partial charge in [-0.05, 0) is 38.0 Å². The van der Waals surface area contributed by atoms with E-state index in [1.54, 1.807) is 0 Å². The average molecular weight is 379 g/mol. The molecule has 0 unspecified atom stereocenters. The SMILES string of the molecule is CCCC(=O)N1CCC(N2C(=O)NC3(CCN(CC(C)C)CC3)C2=O)CC1. The molecule has 0 aliphatic carbocycles. The van der Waals surface area contributed by atoms with Crippen molar-refractivity contribution < 1.29 is 14.4 Å². The van der Waals surface area contributed by atoms with Crippen molar-refractivity contribution in [2.75, 3.05) is 32.7 Å². The predicted molar refractivity (Wildman–Crippen MR) is 103 cm³/mol. The number of urea groups is 1. The van der Waals surface area contributed by atoms with Gasteiger partial charge in [-0.1, -0.05) is 20.8 Å². The van der Waals surface area contributed by atoms with E-state index in [1.165, 1.54) is 4.90 Å². The molecule has 3 saturated heterocycles. The molecule has 0 atom stereocenters. The Morgan fingerprint density at radius 3 is 2.33 bits per heavy atom. The van der Waals surface area contributed by atoms with Crippen LogP contribution in [0.1, 0.15) is 59.3 Å². The molecule has 0 aromatic carbocycles. The molecule has 27 heavy (non-hydrogen) atoms. The highest BCUT2D eigenvalue weighted by Crippen LogP contribution is 2.32. The Hall–Kier alpha value is -1.63. The minimum Gasteiger partial charge on any atom is -0.343 e. The second-order valence-electron chi connectivity index (χ2n) is 8.74. The normalized spacial score (nSPS) is 24.1. The van der Waals surface area contributed by atoms with Gasteiger partial charge in [0.25, 0.3) is 5.91 Å². The van der Waals surface area contributed by atoms with E-state index in [1.807, 2.05) is 11.8 Å². The van der Waals surface area contributed by atoms with E-state index in [9.17, 15) is 14.4 Å². The maximum atomic E-state index is 13.2. The van der Waals surface area contributed by atoms with E-state index in [-0.39, 0.29) is 23.9 Å². The van der Waals surface area contributed by atoms with Crippen LogP contribution in [-0.4, -0.2) is 76.8 Å².